The first-order valence-corrected chi connectivity index (χ1v) is 6.79. The summed E-state index contributed by atoms with van der Waals surface area (Å²) >= 11 is 0. The fourth-order valence-electron chi connectivity index (χ4n) is 1.99. The number of hydrogen-bond acceptors (Lipinski definition) is 3. The molecule has 0 fully saturated rings. The zero-order valence-corrected chi connectivity index (χ0v) is 12.3. The number of aromatic nitrogens is 1. The standard InChI is InChI=1S/C16H18FN3O/c1-4-18-15-8-11(3)19-9-12(15)16(21)20-14-6-5-10(2)7-13(14)17/h5-9H,4H2,1-3H3,(H,18,19)(H,20,21). The minimum absolute atomic E-state index is 0.161. The second-order valence-corrected chi connectivity index (χ2v) is 4.84. The van der Waals surface area contributed by atoms with Crippen LogP contribution in [0.2, 0.25) is 0 Å². The lowest BCUT2D eigenvalue weighted by Gasteiger charge is -2.12. The van der Waals surface area contributed by atoms with Crippen molar-refractivity contribution in [3.05, 3.63) is 53.1 Å². The Kier molecular flexibility index (Phi) is 4.52. The van der Waals surface area contributed by atoms with Crippen LogP contribution in [-0.2, 0) is 0 Å². The molecular formula is C16H18FN3O. The number of pyridine rings is 1. The van der Waals surface area contributed by atoms with E-state index in [2.05, 4.69) is 15.6 Å². The number of halogens is 1. The van der Waals surface area contributed by atoms with Crippen molar-refractivity contribution in [3.63, 3.8) is 0 Å². The number of nitrogens with zero attached hydrogens (tertiary/aromatic N) is 1. The Hall–Kier alpha value is -2.43. The SMILES string of the molecule is CCNc1cc(C)ncc1C(=O)Nc1ccc(C)cc1F. The number of anilines is 2. The smallest absolute Gasteiger partial charge is 0.259 e. The molecule has 0 aliphatic carbocycles. The second kappa shape index (κ2) is 6.35. The Morgan fingerprint density at radius 1 is 1.24 bits per heavy atom. The van der Waals surface area contributed by atoms with Gasteiger partial charge < -0.3 is 10.6 Å². The van der Waals surface area contributed by atoms with Crippen molar-refractivity contribution in [2.75, 3.05) is 17.2 Å². The molecule has 1 heterocycles. The average Bonchev–Trinajstić information content (AvgIpc) is 2.42. The van der Waals surface area contributed by atoms with E-state index in [0.29, 0.717) is 17.8 Å². The average molecular weight is 287 g/mol. The first kappa shape index (κ1) is 15.0. The van der Waals surface area contributed by atoms with Gasteiger partial charge in [0, 0.05) is 18.4 Å². The normalized spacial score (nSPS) is 10.3. The lowest BCUT2D eigenvalue weighted by atomic mass is 10.1. The summed E-state index contributed by atoms with van der Waals surface area (Å²) in [7, 11) is 0. The monoisotopic (exact) mass is 287 g/mol. The van der Waals surface area contributed by atoms with Crippen molar-refractivity contribution in [1.82, 2.24) is 4.98 Å². The topological polar surface area (TPSA) is 54.0 Å². The van der Waals surface area contributed by atoms with E-state index in [4.69, 9.17) is 0 Å². The first-order chi connectivity index (χ1) is 10.0. The third-order valence-corrected chi connectivity index (χ3v) is 3.03. The number of aryl methyl sites for hydroxylation is 2. The summed E-state index contributed by atoms with van der Waals surface area (Å²) < 4.78 is 13.8. The van der Waals surface area contributed by atoms with Gasteiger partial charge in [0.1, 0.15) is 5.82 Å². The number of amides is 1. The number of carbonyl (C=O) groups excluding carboxylic acids is 1. The van der Waals surface area contributed by atoms with E-state index < -0.39 is 5.82 Å². The maximum absolute atomic E-state index is 13.8. The van der Waals surface area contributed by atoms with E-state index >= 15 is 0 Å². The van der Waals surface area contributed by atoms with Gasteiger partial charge in [-0.2, -0.15) is 0 Å². The van der Waals surface area contributed by atoms with Crippen molar-refractivity contribution >= 4 is 17.3 Å². The highest BCUT2D eigenvalue weighted by Crippen LogP contribution is 2.20. The van der Waals surface area contributed by atoms with E-state index in [9.17, 15) is 9.18 Å². The summed E-state index contributed by atoms with van der Waals surface area (Å²) in [5.41, 5.74) is 2.85. The van der Waals surface area contributed by atoms with Gasteiger partial charge in [0.2, 0.25) is 0 Å². The summed E-state index contributed by atoms with van der Waals surface area (Å²) in [6.45, 7) is 6.27. The van der Waals surface area contributed by atoms with Gasteiger partial charge in [-0.05, 0) is 44.5 Å². The summed E-state index contributed by atoms with van der Waals surface area (Å²) in [6.07, 6.45) is 1.49. The van der Waals surface area contributed by atoms with E-state index in [1.54, 1.807) is 25.1 Å². The predicted octanol–water partition coefficient (Wildman–Crippen LogP) is 3.52. The molecule has 1 aromatic heterocycles. The van der Waals surface area contributed by atoms with E-state index in [0.717, 1.165) is 11.3 Å². The van der Waals surface area contributed by atoms with Crippen molar-refractivity contribution < 1.29 is 9.18 Å². The number of nitrogens with one attached hydrogen (secondary N) is 2. The van der Waals surface area contributed by atoms with Gasteiger partial charge >= 0.3 is 0 Å². The minimum atomic E-state index is -0.451. The van der Waals surface area contributed by atoms with Crippen LogP contribution in [0.1, 0.15) is 28.5 Å². The van der Waals surface area contributed by atoms with Crippen molar-refractivity contribution in [2.24, 2.45) is 0 Å². The largest absolute Gasteiger partial charge is 0.385 e. The van der Waals surface area contributed by atoms with Crippen LogP contribution in [-0.4, -0.2) is 17.4 Å². The lowest BCUT2D eigenvalue weighted by Crippen LogP contribution is -2.16. The summed E-state index contributed by atoms with van der Waals surface area (Å²) in [6, 6.07) is 6.48. The zero-order chi connectivity index (χ0) is 15.4. The molecule has 0 aliphatic heterocycles. The van der Waals surface area contributed by atoms with Crippen LogP contribution >= 0.6 is 0 Å². The molecule has 2 N–H and O–H groups in total. The number of hydrogen-bond donors (Lipinski definition) is 2. The Morgan fingerprint density at radius 2 is 2.00 bits per heavy atom. The Bertz CT molecular complexity index is 671. The third-order valence-electron chi connectivity index (χ3n) is 3.03. The van der Waals surface area contributed by atoms with Gasteiger partial charge in [0.25, 0.3) is 5.91 Å². The maximum Gasteiger partial charge on any atom is 0.259 e. The van der Waals surface area contributed by atoms with Crippen LogP contribution < -0.4 is 10.6 Å². The number of carbonyl (C=O) groups is 1. The van der Waals surface area contributed by atoms with Gasteiger partial charge in [-0.15, -0.1) is 0 Å². The van der Waals surface area contributed by atoms with Crippen LogP contribution in [0.4, 0.5) is 15.8 Å². The van der Waals surface area contributed by atoms with Crippen molar-refractivity contribution in [1.29, 1.82) is 0 Å². The minimum Gasteiger partial charge on any atom is -0.385 e. The molecule has 2 rings (SSSR count). The highest BCUT2D eigenvalue weighted by molar-refractivity contribution is 6.07. The fourth-order valence-corrected chi connectivity index (χ4v) is 1.99. The van der Waals surface area contributed by atoms with Gasteiger partial charge in [-0.25, -0.2) is 4.39 Å². The molecular weight excluding hydrogens is 269 g/mol. The Labute approximate surface area is 123 Å². The molecule has 0 bridgehead atoms. The molecule has 0 saturated heterocycles. The van der Waals surface area contributed by atoms with Crippen LogP contribution in [0.25, 0.3) is 0 Å². The molecule has 2 aromatic rings. The molecule has 0 radical (unpaired) electrons. The fraction of sp³-hybridized carbons (Fsp3) is 0.250. The highest BCUT2D eigenvalue weighted by atomic mass is 19.1. The van der Waals surface area contributed by atoms with Gasteiger partial charge in [0.15, 0.2) is 0 Å². The molecule has 1 amide bonds. The summed E-state index contributed by atoms with van der Waals surface area (Å²) in [5, 5.41) is 5.69. The number of benzene rings is 1. The van der Waals surface area contributed by atoms with E-state index in [1.807, 2.05) is 13.8 Å². The molecule has 0 unspecified atom stereocenters. The summed E-state index contributed by atoms with van der Waals surface area (Å²) in [5.74, 6) is -0.838. The van der Waals surface area contributed by atoms with Crippen molar-refractivity contribution in [3.8, 4) is 0 Å². The van der Waals surface area contributed by atoms with E-state index in [1.165, 1.54) is 12.3 Å². The molecule has 1 aromatic carbocycles. The first-order valence-electron chi connectivity index (χ1n) is 6.79. The van der Waals surface area contributed by atoms with E-state index in [-0.39, 0.29) is 11.6 Å². The van der Waals surface area contributed by atoms with Crippen molar-refractivity contribution in [2.45, 2.75) is 20.8 Å². The maximum atomic E-state index is 13.8. The Balaban J connectivity index is 2.28. The Morgan fingerprint density at radius 3 is 2.67 bits per heavy atom. The molecule has 0 saturated carbocycles. The molecule has 21 heavy (non-hydrogen) atoms. The van der Waals surface area contributed by atoms with Gasteiger partial charge in [-0.1, -0.05) is 6.07 Å². The molecule has 5 heteroatoms. The molecule has 0 aliphatic rings. The van der Waals surface area contributed by atoms with Crippen LogP contribution in [0.5, 0.6) is 0 Å². The highest BCUT2D eigenvalue weighted by Gasteiger charge is 2.14. The second-order valence-electron chi connectivity index (χ2n) is 4.84. The van der Waals surface area contributed by atoms with Gasteiger partial charge in [-0.3, -0.25) is 9.78 Å². The lowest BCUT2D eigenvalue weighted by molar-refractivity contribution is 0.102. The predicted molar refractivity (Wildman–Crippen MR) is 82.2 cm³/mol. The molecule has 0 atom stereocenters. The van der Waals surface area contributed by atoms with Crippen LogP contribution in [0.3, 0.4) is 0 Å². The summed E-state index contributed by atoms with van der Waals surface area (Å²) in [4.78, 5) is 16.4. The quantitative estimate of drug-likeness (QED) is 0.904. The van der Waals surface area contributed by atoms with Crippen LogP contribution in [0, 0.1) is 19.7 Å². The molecule has 110 valence electrons. The van der Waals surface area contributed by atoms with Crippen LogP contribution in [0.15, 0.2) is 30.5 Å². The molecule has 4 nitrogen and oxygen atoms in total. The number of rotatable bonds is 4. The third kappa shape index (κ3) is 3.56. The van der Waals surface area contributed by atoms with Gasteiger partial charge in [0.05, 0.1) is 16.9 Å². The zero-order valence-electron chi connectivity index (χ0n) is 12.3. The molecule has 0 spiro atoms.